The molecule has 0 bridgehead atoms. The van der Waals surface area contributed by atoms with Gasteiger partial charge >= 0.3 is 0 Å². The maximum atomic E-state index is 15.7. The van der Waals surface area contributed by atoms with Gasteiger partial charge in [-0.2, -0.15) is 0 Å². The van der Waals surface area contributed by atoms with Crippen LogP contribution in [0.2, 0.25) is 0 Å². The van der Waals surface area contributed by atoms with Crippen molar-refractivity contribution in [2.75, 3.05) is 24.3 Å². The lowest BCUT2D eigenvalue weighted by molar-refractivity contribution is 0.0991. The molecule has 6 nitrogen and oxygen atoms in total. The first-order valence-electron chi connectivity index (χ1n) is 10.7. The molecule has 0 unspecified atom stereocenters. The molecule has 1 aromatic carbocycles. The Balaban J connectivity index is 1.81. The third-order valence-electron chi connectivity index (χ3n) is 5.84. The van der Waals surface area contributed by atoms with Crippen molar-refractivity contribution in [3.8, 4) is 10.4 Å². The number of pyridine rings is 1. The zero-order chi connectivity index (χ0) is 22.9. The van der Waals surface area contributed by atoms with Crippen LogP contribution in [0.1, 0.15) is 53.7 Å². The SMILES string of the molecule is Cc1ccc(NC(=O)c2c(-c3cnc(N(C)C)s3)cc(C3(F)CCCCC3)[nH]c2=O)cc1. The number of nitrogens with zero attached hydrogens (tertiary/aromatic N) is 2. The fourth-order valence-corrected chi connectivity index (χ4v) is 4.89. The van der Waals surface area contributed by atoms with Crippen molar-refractivity contribution in [3.05, 3.63) is 63.7 Å². The van der Waals surface area contributed by atoms with Crippen molar-refractivity contribution >= 4 is 28.1 Å². The molecule has 1 aliphatic carbocycles. The Hall–Kier alpha value is -3.00. The number of alkyl halides is 1. The number of thiazole rings is 1. The van der Waals surface area contributed by atoms with E-state index < -0.39 is 17.1 Å². The third kappa shape index (κ3) is 4.46. The van der Waals surface area contributed by atoms with E-state index in [2.05, 4.69) is 15.3 Å². The average Bonchev–Trinajstić information content (AvgIpc) is 3.26. The fraction of sp³-hybridized carbons (Fsp3) is 0.375. The lowest BCUT2D eigenvalue weighted by Gasteiger charge is -2.29. The number of hydrogen-bond donors (Lipinski definition) is 2. The van der Waals surface area contributed by atoms with Crippen LogP contribution in [0.3, 0.4) is 0 Å². The van der Waals surface area contributed by atoms with Gasteiger partial charge in [0.15, 0.2) is 10.8 Å². The minimum atomic E-state index is -1.59. The monoisotopic (exact) mass is 454 g/mol. The van der Waals surface area contributed by atoms with Gasteiger partial charge in [0, 0.05) is 31.5 Å². The first kappa shape index (κ1) is 22.2. The Morgan fingerprint density at radius 2 is 1.88 bits per heavy atom. The molecule has 8 heteroatoms. The van der Waals surface area contributed by atoms with Gasteiger partial charge in [-0.1, -0.05) is 35.5 Å². The fourth-order valence-electron chi connectivity index (χ4n) is 4.03. The van der Waals surface area contributed by atoms with Crippen molar-refractivity contribution < 1.29 is 9.18 Å². The highest BCUT2D eigenvalue weighted by Gasteiger charge is 2.36. The topological polar surface area (TPSA) is 78.1 Å². The Bertz CT molecular complexity index is 1180. The number of carbonyl (C=O) groups excluding carboxylic acids is 1. The molecule has 2 aromatic heterocycles. The van der Waals surface area contributed by atoms with Crippen LogP contribution in [0.4, 0.5) is 15.2 Å². The van der Waals surface area contributed by atoms with E-state index in [4.69, 9.17) is 0 Å². The normalized spacial score (nSPS) is 15.4. The van der Waals surface area contributed by atoms with Crippen LogP contribution in [-0.4, -0.2) is 30.0 Å². The standard InChI is InChI=1S/C24H27FN4O2S/c1-15-7-9-16(10-8-15)27-21(30)20-17(18-14-26-23(32-18)29(2)3)13-19(28-22(20)31)24(25)11-5-4-6-12-24/h7-10,13-14H,4-6,11-12H2,1-3H3,(H,27,30)(H,28,31). The molecule has 1 saturated carbocycles. The van der Waals surface area contributed by atoms with Gasteiger partial charge in [-0.25, -0.2) is 9.37 Å². The molecule has 0 aliphatic heterocycles. The molecule has 0 radical (unpaired) electrons. The molecule has 1 amide bonds. The van der Waals surface area contributed by atoms with Crippen molar-refractivity contribution in [3.63, 3.8) is 0 Å². The minimum Gasteiger partial charge on any atom is -0.354 e. The quantitative estimate of drug-likeness (QED) is 0.552. The summed E-state index contributed by atoms with van der Waals surface area (Å²) in [4.78, 5) is 35.9. The van der Waals surface area contributed by atoms with Gasteiger partial charge < -0.3 is 15.2 Å². The maximum absolute atomic E-state index is 15.7. The largest absolute Gasteiger partial charge is 0.354 e. The second kappa shape index (κ2) is 8.86. The molecule has 2 N–H and O–H groups in total. The number of hydrogen-bond acceptors (Lipinski definition) is 5. The molecule has 168 valence electrons. The van der Waals surface area contributed by atoms with E-state index in [1.807, 2.05) is 38.1 Å². The smallest absolute Gasteiger partial charge is 0.261 e. The lowest BCUT2D eigenvalue weighted by Crippen LogP contribution is -2.31. The highest BCUT2D eigenvalue weighted by molar-refractivity contribution is 7.18. The Morgan fingerprint density at radius 1 is 1.19 bits per heavy atom. The molecule has 0 saturated heterocycles. The van der Waals surface area contributed by atoms with E-state index in [0.29, 0.717) is 29.0 Å². The van der Waals surface area contributed by atoms with Crippen LogP contribution >= 0.6 is 11.3 Å². The molecule has 3 aromatic rings. The van der Waals surface area contributed by atoms with Crippen LogP contribution < -0.4 is 15.8 Å². The average molecular weight is 455 g/mol. The molecular weight excluding hydrogens is 427 g/mol. The summed E-state index contributed by atoms with van der Waals surface area (Å²) in [5.41, 5.74) is 0.0698. The molecule has 4 rings (SSSR count). The van der Waals surface area contributed by atoms with Crippen molar-refractivity contribution in [1.82, 2.24) is 9.97 Å². The summed E-state index contributed by atoms with van der Waals surface area (Å²) >= 11 is 1.36. The van der Waals surface area contributed by atoms with Crippen LogP contribution in [0.25, 0.3) is 10.4 Å². The van der Waals surface area contributed by atoms with Gasteiger partial charge in [-0.15, -0.1) is 0 Å². The predicted octanol–water partition coefficient (Wildman–Crippen LogP) is 5.25. The van der Waals surface area contributed by atoms with Gasteiger partial charge in [0.2, 0.25) is 0 Å². The zero-order valence-corrected chi connectivity index (χ0v) is 19.3. The van der Waals surface area contributed by atoms with Crippen molar-refractivity contribution in [1.29, 1.82) is 0 Å². The summed E-state index contributed by atoms with van der Waals surface area (Å²) in [6.45, 7) is 1.96. The summed E-state index contributed by atoms with van der Waals surface area (Å²) < 4.78 is 15.7. The number of aryl methyl sites for hydroxylation is 1. The molecule has 0 atom stereocenters. The second-order valence-corrected chi connectivity index (χ2v) is 9.56. The lowest BCUT2D eigenvalue weighted by atomic mass is 9.83. The molecular formula is C24H27FN4O2S. The first-order chi connectivity index (χ1) is 15.3. The van der Waals surface area contributed by atoms with E-state index in [0.717, 1.165) is 30.0 Å². The highest BCUT2D eigenvalue weighted by Crippen LogP contribution is 2.41. The van der Waals surface area contributed by atoms with Gasteiger partial charge in [0.25, 0.3) is 11.5 Å². The van der Waals surface area contributed by atoms with E-state index in [1.54, 1.807) is 24.4 Å². The molecule has 0 spiro atoms. The number of aromatic nitrogens is 2. The number of amides is 1. The molecule has 32 heavy (non-hydrogen) atoms. The highest BCUT2D eigenvalue weighted by atomic mass is 32.1. The van der Waals surface area contributed by atoms with Gasteiger partial charge in [0.05, 0.1) is 10.6 Å². The number of rotatable bonds is 5. The summed E-state index contributed by atoms with van der Waals surface area (Å²) in [6, 6.07) is 8.96. The Morgan fingerprint density at radius 3 is 2.50 bits per heavy atom. The molecule has 1 aliphatic rings. The van der Waals surface area contributed by atoms with E-state index >= 15 is 4.39 Å². The number of carbonyl (C=O) groups is 1. The van der Waals surface area contributed by atoms with Gasteiger partial charge in [-0.05, 0) is 50.8 Å². The Kier molecular flexibility index (Phi) is 6.15. The summed E-state index contributed by atoms with van der Waals surface area (Å²) in [5, 5.41) is 3.53. The number of H-pyrrole nitrogens is 1. The number of aromatic amines is 1. The molecule has 2 heterocycles. The van der Waals surface area contributed by atoms with Crippen LogP contribution in [0, 0.1) is 6.92 Å². The maximum Gasteiger partial charge on any atom is 0.261 e. The van der Waals surface area contributed by atoms with E-state index in [-0.39, 0.29) is 11.3 Å². The zero-order valence-electron chi connectivity index (χ0n) is 18.5. The van der Waals surface area contributed by atoms with Crippen LogP contribution in [0.5, 0.6) is 0 Å². The number of halogens is 1. The number of nitrogens with one attached hydrogen (secondary N) is 2. The third-order valence-corrected chi connectivity index (χ3v) is 7.04. The number of anilines is 2. The van der Waals surface area contributed by atoms with Crippen molar-refractivity contribution in [2.24, 2.45) is 0 Å². The Labute approximate surface area is 190 Å². The van der Waals surface area contributed by atoms with Crippen molar-refractivity contribution in [2.45, 2.75) is 44.7 Å². The van der Waals surface area contributed by atoms with Gasteiger partial charge in [0.1, 0.15) is 5.56 Å². The second-order valence-electron chi connectivity index (χ2n) is 8.55. The van der Waals surface area contributed by atoms with Crippen LogP contribution in [0.15, 0.2) is 41.3 Å². The van der Waals surface area contributed by atoms with E-state index in [1.165, 1.54) is 11.3 Å². The summed E-state index contributed by atoms with van der Waals surface area (Å²) in [5.74, 6) is -0.534. The minimum absolute atomic E-state index is 0.0392. The van der Waals surface area contributed by atoms with E-state index in [9.17, 15) is 9.59 Å². The molecule has 1 fully saturated rings. The predicted molar refractivity (Wildman–Crippen MR) is 128 cm³/mol. The first-order valence-corrected chi connectivity index (χ1v) is 11.6. The summed E-state index contributed by atoms with van der Waals surface area (Å²) in [7, 11) is 3.74. The summed E-state index contributed by atoms with van der Waals surface area (Å²) in [6.07, 6.45) is 4.89. The van der Waals surface area contributed by atoms with Gasteiger partial charge in [-0.3, -0.25) is 9.59 Å². The van der Waals surface area contributed by atoms with Crippen LogP contribution in [-0.2, 0) is 5.67 Å². The number of benzene rings is 1.